The van der Waals surface area contributed by atoms with E-state index in [1.165, 1.54) is 77.7 Å². The summed E-state index contributed by atoms with van der Waals surface area (Å²) in [5.74, 6) is 0. The van der Waals surface area contributed by atoms with Crippen molar-refractivity contribution in [2.24, 2.45) is 0 Å². The molecule has 0 amide bonds. The minimum absolute atomic E-state index is 0.158. The predicted octanol–water partition coefficient (Wildman–Crippen LogP) is 7.08. The zero-order valence-corrected chi connectivity index (χ0v) is 16.8. The van der Waals surface area contributed by atoms with Crippen LogP contribution in [0.5, 0.6) is 0 Å². The summed E-state index contributed by atoms with van der Waals surface area (Å²) in [5, 5.41) is 0. The van der Waals surface area contributed by atoms with Crippen LogP contribution in [0, 0.1) is 0 Å². The zero-order valence-electron chi connectivity index (χ0n) is 15.9. The van der Waals surface area contributed by atoms with Gasteiger partial charge in [-0.05, 0) is 12.8 Å². The van der Waals surface area contributed by atoms with Gasteiger partial charge in [-0.1, -0.05) is 97.3 Å². The van der Waals surface area contributed by atoms with E-state index in [1.807, 2.05) is 0 Å². The van der Waals surface area contributed by atoms with Crippen LogP contribution in [-0.4, -0.2) is 17.7 Å². The van der Waals surface area contributed by atoms with Crippen LogP contribution >= 0.6 is 7.60 Å². The molecule has 23 heavy (non-hydrogen) atoms. The van der Waals surface area contributed by atoms with E-state index in [1.54, 1.807) is 0 Å². The van der Waals surface area contributed by atoms with Crippen molar-refractivity contribution in [2.45, 2.75) is 116 Å². The third-order valence-corrected chi connectivity index (χ3v) is 6.72. The lowest BCUT2D eigenvalue weighted by molar-refractivity contribution is 0.296. The molecule has 0 aliphatic carbocycles. The van der Waals surface area contributed by atoms with Gasteiger partial charge >= 0.3 is 7.60 Å². The number of unbranched alkanes of at least 4 members (excludes halogenated alkanes) is 11. The first-order chi connectivity index (χ1) is 11.1. The molecule has 0 rings (SSSR count). The van der Waals surface area contributed by atoms with E-state index in [2.05, 4.69) is 13.8 Å². The highest BCUT2D eigenvalue weighted by molar-refractivity contribution is 7.53. The molecular formula is C19H41O3P. The molecule has 140 valence electrons. The molecule has 0 aliphatic heterocycles. The smallest absolute Gasteiger partial charge is 0.324 e. The fourth-order valence-electron chi connectivity index (χ4n) is 3.12. The minimum Gasteiger partial charge on any atom is -0.324 e. The second-order valence-corrected chi connectivity index (χ2v) is 9.09. The molecule has 0 aromatic rings. The molecule has 0 fully saturated rings. The number of rotatable bonds is 17. The van der Waals surface area contributed by atoms with Gasteiger partial charge in [0.25, 0.3) is 0 Å². The Labute approximate surface area is 145 Å². The molecule has 0 saturated carbocycles. The van der Waals surface area contributed by atoms with E-state index in [-0.39, 0.29) is 5.66 Å². The number of hydrogen-bond acceptors (Lipinski definition) is 2. The Morgan fingerprint density at radius 1 is 0.739 bits per heavy atom. The second-order valence-electron chi connectivity index (χ2n) is 6.87. The van der Waals surface area contributed by atoms with Crippen LogP contribution in [0.2, 0.25) is 0 Å². The number of hydrogen-bond donors (Lipinski definition) is 1. The molecule has 1 N–H and O–H groups in total. The van der Waals surface area contributed by atoms with Crippen LogP contribution < -0.4 is 0 Å². The van der Waals surface area contributed by atoms with Gasteiger partial charge in [0.05, 0.1) is 5.66 Å². The maximum absolute atomic E-state index is 12.2. The lowest BCUT2D eigenvalue weighted by Gasteiger charge is -2.21. The van der Waals surface area contributed by atoms with Gasteiger partial charge in [-0.2, -0.15) is 0 Å². The predicted molar refractivity (Wildman–Crippen MR) is 101 cm³/mol. The van der Waals surface area contributed by atoms with Crippen LogP contribution in [0.25, 0.3) is 0 Å². The molecule has 3 nitrogen and oxygen atoms in total. The van der Waals surface area contributed by atoms with Crippen molar-refractivity contribution in [1.29, 1.82) is 0 Å². The van der Waals surface area contributed by atoms with E-state index in [0.29, 0.717) is 0 Å². The monoisotopic (exact) mass is 348 g/mol. The first-order valence-corrected chi connectivity index (χ1v) is 11.6. The summed E-state index contributed by atoms with van der Waals surface area (Å²) in [6, 6.07) is 0. The Kier molecular flexibility index (Phi) is 15.8. The summed E-state index contributed by atoms with van der Waals surface area (Å²) < 4.78 is 17.1. The lowest BCUT2D eigenvalue weighted by Crippen LogP contribution is -2.10. The average molecular weight is 349 g/mol. The highest BCUT2D eigenvalue weighted by Gasteiger charge is 2.30. The van der Waals surface area contributed by atoms with Gasteiger partial charge in [0.15, 0.2) is 0 Å². The summed E-state index contributed by atoms with van der Waals surface area (Å²) in [6.07, 6.45) is 17.7. The molecule has 0 aromatic carbocycles. The van der Waals surface area contributed by atoms with Crippen molar-refractivity contribution in [3.63, 3.8) is 0 Å². The Morgan fingerprint density at radius 3 is 1.43 bits per heavy atom. The average Bonchev–Trinajstić information content (AvgIpc) is 2.55. The molecule has 0 radical (unpaired) electrons. The van der Waals surface area contributed by atoms with Crippen molar-refractivity contribution < 1.29 is 14.0 Å². The summed E-state index contributed by atoms with van der Waals surface area (Å²) in [4.78, 5) is 10.0. The van der Waals surface area contributed by atoms with Crippen molar-refractivity contribution in [3.8, 4) is 0 Å². The molecule has 0 saturated heterocycles. The van der Waals surface area contributed by atoms with E-state index in [0.717, 1.165) is 25.7 Å². The maximum atomic E-state index is 12.2. The summed E-state index contributed by atoms with van der Waals surface area (Å²) in [7, 11) is -2.04. The third-order valence-electron chi connectivity index (χ3n) is 4.75. The van der Waals surface area contributed by atoms with Crippen molar-refractivity contribution in [2.75, 3.05) is 7.11 Å². The van der Waals surface area contributed by atoms with Gasteiger partial charge < -0.3 is 9.42 Å². The zero-order chi connectivity index (χ0) is 17.4. The van der Waals surface area contributed by atoms with Crippen LogP contribution in [0.1, 0.15) is 110 Å². The Balaban J connectivity index is 3.91. The van der Waals surface area contributed by atoms with E-state index >= 15 is 0 Å². The van der Waals surface area contributed by atoms with Crippen molar-refractivity contribution >= 4 is 7.60 Å². The summed E-state index contributed by atoms with van der Waals surface area (Å²) in [5.41, 5.74) is -0.158. The second kappa shape index (κ2) is 15.7. The van der Waals surface area contributed by atoms with Crippen LogP contribution in [0.3, 0.4) is 0 Å². The van der Waals surface area contributed by atoms with Gasteiger partial charge in [-0.3, -0.25) is 4.57 Å². The summed E-state index contributed by atoms with van der Waals surface area (Å²) in [6.45, 7) is 4.45. The third kappa shape index (κ3) is 13.2. The topological polar surface area (TPSA) is 46.5 Å². The van der Waals surface area contributed by atoms with Gasteiger partial charge in [0.1, 0.15) is 0 Å². The van der Waals surface area contributed by atoms with E-state index in [4.69, 9.17) is 4.52 Å². The quantitative estimate of drug-likeness (QED) is 0.226. The van der Waals surface area contributed by atoms with Crippen LogP contribution in [-0.2, 0) is 9.09 Å². The molecule has 4 heteroatoms. The van der Waals surface area contributed by atoms with Gasteiger partial charge in [-0.25, -0.2) is 0 Å². The first-order valence-electron chi connectivity index (χ1n) is 9.96. The fourth-order valence-corrected chi connectivity index (χ4v) is 4.43. The standard InChI is InChI=1S/C19H41O3P/c1-4-6-8-10-12-14-16-18-19(23(20,21)22-3)17-15-13-11-9-7-5-2/h19H,4-18H2,1-3H3,(H,20,21). The molecule has 0 bridgehead atoms. The molecular weight excluding hydrogens is 307 g/mol. The molecule has 0 aromatic heterocycles. The van der Waals surface area contributed by atoms with Crippen molar-refractivity contribution in [3.05, 3.63) is 0 Å². The largest absolute Gasteiger partial charge is 0.330 e. The maximum Gasteiger partial charge on any atom is 0.330 e. The SMILES string of the molecule is CCCCCCCCCC(CCCCCCCC)P(=O)(O)OC. The first kappa shape index (κ1) is 23.1. The van der Waals surface area contributed by atoms with Gasteiger partial charge in [0, 0.05) is 7.11 Å². The minimum atomic E-state index is -3.41. The van der Waals surface area contributed by atoms with Crippen molar-refractivity contribution in [1.82, 2.24) is 0 Å². The summed E-state index contributed by atoms with van der Waals surface area (Å²) >= 11 is 0. The fraction of sp³-hybridized carbons (Fsp3) is 1.00. The Morgan fingerprint density at radius 2 is 1.09 bits per heavy atom. The highest BCUT2D eigenvalue weighted by atomic mass is 31.2. The Bertz CT molecular complexity index is 294. The van der Waals surface area contributed by atoms with Gasteiger partial charge in [-0.15, -0.1) is 0 Å². The molecule has 0 aliphatic rings. The van der Waals surface area contributed by atoms with Crippen LogP contribution in [0.15, 0.2) is 0 Å². The molecule has 0 heterocycles. The molecule has 0 spiro atoms. The Hall–Kier alpha value is 0.150. The lowest BCUT2D eigenvalue weighted by atomic mass is 10.0. The normalized spacial score (nSPS) is 15.5. The highest BCUT2D eigenvalue weighted by Crippen LogP contribution is 2.50. The van der Waals surface area contributed by atoms with E-state index < -0.39 is 7.60 Å². The van der Waals surface area contributed by atoms with E-state index in [9.17, 15) is 9.46 Å². The molecule has 2 unspecified atom stereocenters. The van der Waals surface area contributed by atoms with Crippen LogP contribution in [0.4, 0.5) is 0 Å². The molecule has 2 atom stereocenters. The van der Waals surface area contributed by atoms with Gasteiger partial charge in [0.2, 0.25) is 0 Å².